The molecule has 0 aliphatic heterocycles. The van der Waals surface area contributed by atoms with Crippen LogP contribution < -0.4 is 0 Å². The van der Waals surface area contributed by atoms with Crippen LogP contribution in [0.25, 0.3) is 5.57 Å². The average Bonchev–Trinajstić information content (AvgIpc) is 2.26. The first-order chi connectivity index (χ1) is 7.15. The van der Waals surface area contributed by atoms with Crippen molar-refractivity contribution >= 4 is 5.57 Å². The molecule has 1 heteroatoms. The number of hydrogen-bond acceptors (Lipinski definition) is 1. The zero-order chi connectivity index (χ0) is 11.3. The van der Waals surface area contributed by atoms with E-state index in [4.69, 9.17) is 0 Å². The third kappa shape index (κ3) is 3.21. The van der Waals surface area contributed by atoms with Gasteiger partial charge in [-0.3, -0.25) is 4.98 Å². The second kappa shape index (κ2) is 5.30. The van der Waals surface area contributed by atoms with Gasteiger partial charge in [0.15, 0.2) is 0 Å². The summed E-state index contributed by atoms with van der Waals surface area (Å²) in [6, 6.07) is 3.94. The van der Waals surface area contributed by atoms with E-state index >= 15 is 0 Å². The molecule has 1 nitrogen and oxygen atoms in total. The Balaban J connectivity index is 3.00. The number of aromatic nitrogens is 1. The quantitative estimate of drug-likeness (QED) is 0.671. The van der Waals surface area contributed by atoms with Gasteiger partial charge in [0.25, 0.3) is 0 Å². The maximum Gasteiger partial charge on any atom is 0.0346 e. The van der Waals surface area contributed by atoms with Crippen molar-refractivity contribution in [3.8, 4) is 0 Å². The second-order valence-corrected chi connectivity index (χ2v) is 3.78. The normalized spacial score (nSPS) is 11.5. The summed E-state index contributed by atoms with van der Waals surface area (Å²) in [6.45, 7) is 12.1. The van der Waals surface area contributed by atoms with Gasteiger partial charge in [0.05, 0.1) is 0 Å². The van der Waals surface area contributed by atoms with Gasteiger partial charge in [-0.15, -0.1) is 0 Å². The van der Waals surface area contributed by atoms with Crippen molar-refractivity contribution in [3.05, 3.63) is 61.0 Å². The van der Waals surface area contributed by atoms with Crippen LogP contribution in [0.3, 0.4) is 0 Å². The van der Waals surface area contributed by atoms with E-state index in [2.05, 4.69) is 38.1 Å². The molecule has 15 heavy (non-hydrogen) atoms. The monoisotopic (exact) mass is 199 g/mol. The van der Waals surface area contributed by atoms with Gasteiger partial charge in [0, 0.05) is 12.4 Å². The van der Waals surface area contributed by atoms with Gasteiger partial charge >= 0.3 is 0 Å². The minimum absolute atomic E-state index is 0.455. The van der Waals surface area contributed by atoms with Gasteiger partial charge < -0.3 is 0 Å². The number of allylic oxidation sites excluding steroid dienone is 4. The Hall–Kier alpha value is -1.63. The molecule has 0 fully saturated rings. The summed E-state index contributed by atoms with van der Waals surface area (Å²) in [7, 11) is 0. The third-order valence-electron chi connectivity index (χ3n) is 2.30. The van der Waals surface area contributed by atoms with Crippen LogP contribution in [0.15, 0.2) is 55.4 Å². The van der Waals surface area contributed by atoms with Crippen molar-refractivity contribution in [1.82, 2.24) is 4.98 Å². The van der Waals surface area contributed by atoms with Crippen molar-refractivity contribution in [2.75, 3.05) is 0 Å². The molecule has 0 amide bonds. The number of pyridine rings is 1. The third-order valence-corrected chi connectivity index (χ3v) is 2.30. The molecule has 0 aliphatic rings. The lowest BCUT2D eigenvalue weighted by Gasteiger charge is -2.07. The van der Waals surface area contributed by atoms with Crippen LogP contribution in [0.4, 0.5) is 0 Å². The highest BCUT2D eigenvalue weighted by Crippen LogP contribution is 2.19. The van der Waals surface area contributed by atoms with Crippen LogP contribution >= 0.6 is 0 Å². The Morgan fingerprint density at radius 3 is 2.67 bits per heavy atom. The molecule has 1 aromatic rings. The van der Waals surface area contributed by atoms with Crippen molar-refractivity contribution < 1.29 is 0 Å². The van der Waals surface area contributed by atoms with E-state index in [-0.39, 0.29) is 0 Å². The lowest BCUT2D eigenvalue weighted by molar-refractivity contribution is 0.796. The number of rotatable bonds is 4. The Labute approximate surface area is 91.9 Å². The number of hydrogen-bond donors (Lipinski definition) is 0. The molecule has 0 N–H and O–H groups in total. The van der Waals surface area contributed by atoms with E-state index in [1.807, 2.05) is 24.4 Å². The van der Waals surface area contributed by atoms with Crippen LogP contribution in [0, 0.1) is 5.92 Å². The van der Waals surface area contributed by atoms with Crippen molar-refractivity contribution in [2.45, 2.75) is 13.8 Å². The van der Waals surface area contributed by atoms with Crippen LogP contribution in [0.1, 0.15) is 19.4 Å². The van der Waals surface area contributed by atoms with Crippen molar-refractivity contribution in [2.24, 2.45) is 5.92 Å². The molecule has 78 valence electrons. The van der Waals surface area contributed by atoms with Crippen LogP contribution in [-0.4, -0.2) is 4.98 Å². The molecule has 0 spiro atoms. The van der Waals surface area contributed by atoms with E-state index in [1.165, 1.54) is 0 Å². The van der Waals surface area contributed by atoms with E-state index in [9.17, 15) is 0 Å². The Bertz CT molecular complexity index is 372. The first-order valence-corrected chi connectivity index (χ1v) is 5.08. The summed E-state index contributed by atoms with van der Waals surface area (Å²) >= 11 is 0. The van der Waals surface area contributed by atoms with Crippen molar-refractivity contribution in [1.29, 1.82) is 0 Å². The van der Waals surface area contributed by atoms with Gasteiger partial charge in [-0.05, 0) is 23.1 Å². The summed E-state index contributed by atoms with van der Waals surface area (Å²) in [6.07, 6.45) is 7.50. The molecule has 0 bridgehead atoms. The molecule has 0 aliphatic carbocycles. The van der Waals surface area contributed by atoms with Gasteiger partial charge in [-0.25, -0.2) is 0 Å². The van der Waals surface area contributed by atoms with E-state index in [0.29, 0.717) is 5.92 Å². The molecule has 0 aromatic carbocycles. The van der Waals surface area contributed by atoms with Gasteiger partial charge in [-0.1, -0.05) is 50.8 Å². The molecule has 0 saturated heterocycles. The topological polar surface area (TPSA) is 12.9 Å². The van der Waals surface area contributed by atoms with Crippen LogP contribution in [0.2, 0.25) is 0 Å². The molecule has 1 aromatic heterocycles. The van der Waals surface area contributed by atoms with E-state index in [0.717, 1.165) is 16.7 Å². The highest BCUT2D eigenvalue weighted by molar-refractivity contribution is 5.74. The van der Waals surface area contributed by atoms with Crippen LogP contribution in [0.5, 0.6) is 0 Å². The fourth-order valence-electron chi connectivity index (χ4n) is 1.16. The first-order valence-electron chi connectivity index (χ1n) is 5.08. The Kier molecular flexibility index (Phi) is 4.04. The Morgan fingerprint density at radius 2 is 2.20 bits per heavy atom. The average molecular weight is 199 g/mol. The molecule has 1 rings (SSSR count). The standard InChI is InChI=1S/C14H17N/c1-5-13(9-12(4)11(2)3)14-7-6-8-15-10-14/h5-11H,1,4H2,2-3H3/b13-9+. The fraction of sp³-hybridized carbons (Fsp3) is 0.214. The largest absolute Gasteiger partial charge is 0.264 e. The first kappa shape index (κ1) is 11.4. The lowest BCUT2D eigenvalue weighted by Crippen LogP contribution is -1.90. The minimum atomic E-state index is 0.455. The fourth-order valence-corrected chi connectivity index (χ4v) is 1.16. The molecular formula is C14H17N. The zero-order valence-corrected chi connectivity index (χ0v) is 9.40. The van der Waals surface area contributed by atoms with Crippen LogP contribution in [-0.2, 0) is 0 Å². The highest BCUT2D eigenvalue weighted by atomic mass is 14.6. The smallest absolute Gasteiger partial charge is 0.0346 e. The van der Waals surface area contributed by atoms with Gasteiger partial charge in [0.2, 0.25) is 0 Å². The lowest BCUT2D eigenvalue weighted by atomic mass is 9.99. The summed E-state index contributed by atoms with van der Waals surface area (Å²) in [5.74, 6) is 0.455. The molecular weight excluding hydrogens is 182 g/mol. The van der Waals surface area contributed by atoms with E-state index in [1.54, 1.807) is 6.20 Å². The predicted octanol–water partition coefficient (Wildman–Crippen LogP) is 3.86. The molecule has 0 atom stereocenters. The molecule has 0 radical (unpaired) electrons. The van der Waals surface area contributed by atoms with Crippen molar-refractivity contribution in [3.63, 3.8) is 0 Å². The number of nitrogens with zero attached hydrogens (tertiary/aromatic N) is 1. The van der Waals surface area contributed by atoms with E-state index < -0.39 is 0 Å². The molecule has 0 unspecified atom stereocenters. The SMILES string of the molecule is C=C/C(=C\C(=C)C(C)C)c1cccnc1. The van der Waals surface area contributed by atoms with Gasteiger partial charge in [0.1, 0.15) is 0 Å². The summed E-state index contributed by atoms with van der Waals surface area (Å²) in [5.41, 5.74) is 3.25. The predicted molar refractivity (Wildman–Crippen MR) is 66.4 cm³/mol. The minimum Gasteiger partial charge on any atom is -0.264 e. The molecule has 1 heterocycles. The molecule has 0 saturated carbocycles. The zero-order valence-electron chi connectivity index (χ0n) is 9.40. The second-order valence-electron chi connectivity index (χ2n) is 3.78. The highest BCUT2D eigenvalue weighted by Gasteiger charge is 2.00. The maximum atomic E-state index is 4.09. The maximum absolute atomic E-state index is 4.09. The van der Waals surface area contributed by atoms with Gasteiger partial charge in [-0.2, -0.15) is 0 Å². The summed E-state index contributed by atoms with van der Waals surface area (Å²) in [4.78, 5) is 4.09. The summed E-state index contributed by atoms with van der Waals surface area (Å²) in [5, 5.41) is 0. The Morgan fingerprint density at radius 1 is 1.47 bits per heavy atom. The summed E-state index contributed by atoms with van der Waals surface area (Å²) < 4.78 is 0.